The van der Waals surface area contributed by atoms with E-state index in [2.05, 4.69) is 5.32 Å². The van der Waals surface area contributed by atoms with Crippen molar-refractivity contribution >= 4 is 11.8 Å². The number of nitrogens with one attached hydrogen (secondary N) is 1. The van der Waals surface area contributed by atoms with Crippen LogP contribution >= 0.6 is 0 Å². The van der Waals surface area contributed by atoms with Crippen LogP contribution in [0.3, 0.4) is 0 Å². The lowest BCUT2D eigenvalue weighted by atomic mass is 10.0. The summed E-state index contributed by atoms with van der Waals surface area (Å²) in [5.41, 5.74) is 3.98. The van der Waals surface area contributed by atoms with E-state index in [-0.39, 0.29) is 18.4 Å². The Labute approximate surface area is 196 Å². The van der Waals surface area contributed by atoms with Crippen LogP contribution in [-0.2, 0) is 22.6 Å². The predicted octanol–water partition coefficient (Wildman–Crippen LogP) is 4.46. The summed E-state index contributed by atoms with van der Waals surface area (Å²) < 4.78 is 5.92. The summed E-state index contributed by atoms with van der Waals surface area (Å²) in [4.78, 5) is 28.2. The molecule has 0 fully saturated rings. The van der Waals surface area contributed by atoms with Gasteiger partial charge in [0.1, 0.15) is 11.8 Å². The average Bonchev–Trinajstić information content (AvgIpc) is 2.83. The van der Waals surface area contributed by atoms with Crippen molar-refractivity contribution in [2.45, 2.75) is 39.8 Å². The average molecular weight is 445 g/mol. The quantitative estimate of drug-likeness (QED) is 0.502. The number of carbonyl (C=O) groups excluding carboxylic acids is 2. The fourth-order valence-corrected chi connectivity index (χ4v) is 3.71. The van der Waals surface area contributed by atoms with Crippen LogP contribution in [0.4, 0.5) is 0 Å². The van der Waals surface area contributed by atoms with Crippen molar-refractivity contribution in [2.24, 2.45) is 0 Å². The van der Waals surface area contributed by atoms with E-state index in [1.54, 1.807) is 4.90 Å². The van der Waals surface area contributed by atoms with Crippen molar-refractivity contribution in [1.29, 1.82) is 0 Å². The van der Waals surface area contributed by atoms with Crippen LogP contribution in [0, 0.1) is 13.8 Å². The molecule has 0 saturated carbocycles. The second-order valence-corrected chi connectivity index (χ2v) is 8.16. The molecule has 5 heteroatoms. The van der Waals surface area contributed by atoms with Crippen LogP contribution in [0.25, 0.3) is 0 Å². The van der Waals surface area contributed by atoms with Gasteiger partial charge < -0.3 is 15.0 Å². The molecule has 0 bridgehead atoms. The number of nitrogens with zero attached hydrogens (tertiary/aromatic N) is 1. The van der Waals surface area contributed by atoms with E-state index in [0.29, 0.717) is 25.3 Å². The molecule has 2 amide bonds. The number of likely N-dealkylation sites (N-methyl/N-ethyl adjacent to an activating group) is 1. The number of ether oxygens (including phenoxy) is 1. The van der Waals surface area contributed by atoms with Crippen molar-refractivity contribution in [1.82, 2.24) is 10.2 Å². The van der Waals surface area contributed by atoms with Crippen LogP contribution in [-0.4, -0.2) is 35.9 Å². The summed E-state index contributed by atoms with van der Waals surface area (Å²) in [7, 11) is 0. The van der Waals surface area contributed by atoms with Crippen molar-refractivity contribution in [2.75, 3.05) is 13.2 Å². The topological polar surface area (TPSA) is 58.6 Å². The number of hydrogen-bond acceptors (Lipinski definition) is 3. The Morgan fingerprint density at radius 2 is 1.55 bits per heavy atom. The summed E-state index contributed by atoms with van der Waals surface area (Å²) in [5.74, 6) is 0.282. The van der Waals surface area contributed by atoms with Gasteiger partial charge in [0.05, 0.1) is 0 Å². The number of carbonyl (C=O) groups is 2. The molecule has 1 N–H and O–H groups in total. The van der Waals surface area contributed by atoms with Gasteiger partial charge in [0.15, 0.2) is 6.61 Å². The molecule has 3 rings (SSSR count). The molecule has 5 nitrogen and oxygen atoms in total. The van der Waals surface area contributed by atoms with Gasteiger partial charge in [-0.25, -0.2) is 0 Å². The highest BCUT2D eigenvalue weighted by atomic mass is 16.5. The Balaban J connectivity index is 1.88. The molecule has 1 atom stereocenters. The van der Waals surface area contributed by atoms with Gasteiger partial charge in [0, 0.05) is 19.5 Å². The molecule has 0 aromatic heterocycles. The normalized spacial score (nSPS) is 11.5. The minimum atomic E-state index is -0.651. The monoisotopic (exact) mass is 444 g/mol. The number of rotatable bonds is 10. The number of hydrogen-bond donors (Lipinski definition) is 1. The summed E-state index contributed by atoms with van der Waals surface area (Å²) in [6.07, 6.45) is 0.425. The van der Waals surface area contributed by atoms with Crippen LogP contribution in [0.1, 0.15) is 29.2 Å². The Bertz CT molecular complexity index is 1050. The molecular weight excluding hydrogens is 412 g/mol. The van der Waals surface area contributed by atoms with Gasteiger partial charge in [-0.15, -0.1) is 0 Å². The largest absolute Gasteiger partial charge is 0.483 e. The van der Waals surface area contributed by atoms with E-state index < -0.39 is 6.04 Å². The van der Waals surface area contributed by atoms with Crippen molar-refractivity contribution < 1.29 is 14.3 Å². The fraction of sp³-hybridized carbons (Fsp3) is 0.286. The zero-order valence-electron chi connectivity index (χ0n) is 19.6. The first-order chi connectivity index (χ1) is 16.0. The summed E-state index contributed by atoms with van der Waals surface area (Å²) in [5, 5.41) is 2.90. The highest BCUT2D eigenvalue weighted by molar-refractivity contribution is 5.88. The first-order valence-electron chi connectivity index (χ1n) is 11.3. The third-order valence-corrected chi connectivity index (χ3v) is 5.51. The van der Waals surface area contributed by atoms with Crippen molar-refractivity contribution in [3.8, 4) is 5.75 Å². The van der Waals surface area contributed by atoms with Gasteiger partial charge >= 0.3 is 0 Å². The van der Waals surface area contributed by atoms with E-state index >= 15 is 0 Å². The van der Waals surface area contributed by atoms with Gasteiger partial charge in [0.25, 0.3) is 5.91 Å². The summed E-state index contributed by atoms with van der Waals surface area (Å²) in [6, 6.07) is 24.8. The fourth-order valence-electron chi connectivity index (χ4n) is 3.71. The van der Waals surface area contributed by atoms with Gasteiger partial charge in [-0.05, 0) is 49.1 Å². The maximum atomic E-state index is 13.5. The highest BCUT2D eigenvalue weighted by Crippen LogP contribution is 2.20. The molecule has 3 aromatic carbocycles. The Morgan fingerprint density at radius 1 is 0.909 bits per heavy atom. The summed E-state index contributed by atoms with van der Waals surface area (Å²) >= 11 is 0. The molecule has 0 saturated heterocycles. The highest BCUT2D eigenvalue weighted by Gasteiger charge is 2.30. The molecule has 0 aliphatic carbocycles. The maximum Gasteiger partial charge on any atom is 0.261 e. The van der Waals surface area contributed by atoms with Gasteiger partial charge in [-0.2, -0.15) is 0 Å². The number of amides is 2. The standard InChI is InChI=1S/C28H32N2O3/c1-4-29-28(32)25(18-23-11-7-5-8-12-23)30(19-24-13-9-6-10-14-24)27(31)20-33-26-17-21(2)15-16-22(26)3/h5-17,25H,4,18-20H2,1-3H3,(H,29,32)/t25-/m1/s1. The van der Waals surface area contributed by atoms with E-state index in [1.165, 1.54) is 0 Å². The lowest BCUT2D eigenvalue weighted by Gasteiger charge is -2.31. The molecule has 0 heterocycles. The van der Waals surface area contributed by atoms with Crippen LogP contribution < -0.4 is 10.1 Å². The molecular formula is C28H32N2O3. The predicted molar refractivity (Wildman–Crippen MR) is 131 cm³/mol. The van der Waals surface area contributed by atoms with Crippen molar-refractivity contribution in [3.63, 3.8) is 0 Å². The minimum Gasteiger partial charge on any atom is -0.483 e. The first kappa shape index (κ1) is 24.1. The number of aryl methyl sites for hydroxylation is 2. The Kier molecular flexibility index (Phi) is 8.64. The minimum absolute atomic E-state index is 0.137. The maximum absolute atomic E-state index is 13.5. The van der Waals surface area contributed by atoms with Crippen LogP contribution in [0.5, 0.6) is 5.75 Å². The molecule has 33 heavy (non-hydrogen) atoms. The van der Waals surface area contributed by atoms with Gasteiger partial charge in [-0.1, -0.05) is 72.8 Å². The third-order valence-electron chi connectivity index (χ3n) is 5.51. The number of benzene rings is 3. The Hall–Kier alpha value is -3.60. The third kappa shape index (κ3) is 6.94. The second kappa shape index (κ2) is 11.9. The van der Waals surface area contributed by atoms with E-state index in [0.717, 1.165) is 22.3 Å². The van der Waals surface area contributed by atoms with Gasteiger partial charge in [-0.3, -0.25) is 9.59 Å². The first-order valence-corrected chi connectivity index (χ1v) is 11.3. The zero-order valence-corrected chi connectivity index (χ0v) is 19.6. The molecule has 0 unspecified atom stereocenters. The molecule has 0 spiro atoms. The molecule has 0 radical (unpaired) electrons. The van der Waals surface area contributed by atoms with Gasteiger partial charge in [0.2, 0.25) is 5.91 Å². The molecule has 0 aliphatic rings. The molecule has 172 valence electrons. The van der Waals surface area contributed by atoms with E-state index in [1.807, 2.05) is 99.6 Å². The lowest BCUT2D eigenvalue weighted by molar-refractivity contribution is -0.142. The summed E-state index contributed by atoms with van der Waals surface area (Å²) in [6.45, 7) is 6.50. The van der Waals surface area contributed by atoms with E-state index in [9.17, 15) is 9.59 Å². The smallest absolute Gasteiger partial charge is 0.261 e. The SMILES string of the molecule is CCNC(=O)[C@@H](Cc1ccccc1)N(Cc1ccccc1)C(=O)COc1cc(C)ccc1C. The van der Waals surface area contributed by atoms with E-state index in [4.69, 9.17) is 4.74 Å². The van der Waals surface area contributed by atoms with Crippen molar-refractivity contribution in [3.05, 3.63) is 101 Å². The lowest BCUT2D eigenvalue weighted by Crippen LogP contribution is -2.51. The second-order valence-electron chi connectivity index (χ2n) is 8.16. The Morgan fingerprint density at radius 3 is 2.18 bits per heavy atom. The van der Waals surface area contributed by atoms with Crippen LogP contribution in [0.15, 0.2) is 78.9 Å². The zero-order chi connectivity index (χ0) is 23.6. The van der Waals surface area contributed by atoms with Crippen LogP contribution in [0.2, 0.25) is 0 Å². The molecule has 3 aromatic rings. The molecule has 0 aliphatic heterocycles.